The van der Waals surface area contributed by atoms with Crippen molar-refractivity contribution in [1.82, 2.24) is 0 Å². The van der Waals surface area contributed by atoms with Crippen LogP contribution in [0, 0.1) is 6.92 Å². The van der Waals surface area contributed by atoms with Crippen molar-refractivity contribution in [1.29, 1.82) is 0 Å². The summed E-state index contributed by atoms with van der Waals surface area (Å²) in [7, 11) is 0. The predicted molar refractivity (Wildman–Crippen MR) is 56.5 cm³/mol. The molecule has 1 aromatic carbocycles. The van der Waals surface area contributed by atoms with Crippen LogP contribution >= 0.6 is 11.6 Å². The molecule has 0 spiro atoms. The Hall–Kier alpha value is -0.770. The van der Waals surface area contributed by atoms with Gasteiger partial charge in [0.15, 0.2) is 0 Å². The lowest BCUT2D eigenvalue weighted by atomic mass is 10.0. The first-order valence-corrected chi connectivity index (χ1v) is 4.79. The standard InChI is InChI=1S/C10H14ClNO2/c1-6-4-7(8(12)2-3-13)5-9(14)10(6)11/h4-5,8,13-14H,2-3,12H2,1H3. The van der Waals surface area contributed by atoms with Crippen molar-refractivity contribution in [3.63, 3.8) is 0 Å². The minimum absolute atomic E-state index is 0.0314. The zero-order valence-electron chi connectivity index (χ0n) is 8.00. The van der Waals surface area contributed by atoms with Gasteiger partial charge in [0.25, 0.3) is 0 Å². The first-order valence-electron chi connectivity index (χ1n) is 4.41. The minimum Gasteiger partial charge on any atom is -0.506 e. The van der Waals surface area contributed by atoms with Gasteiger partial charge < -0.3 is 15.9 Å². The van der Waals surface area contributed by atoms with Crippen molar-refractivity contribution >= 4 is 11.6 Å². The predicted octanol–water partition coefficient (Wildman–Crippen LogP) is 1.74. The van der Waals surface area contributed by atoms with E-state index in [1.54, 1.807) is 6.92 Å². The molecular weight excluding hydrogens is 202 g/mol. The Balaban J connectivity index is 3.00. The Labute approximate surface area is 88.1 Å². The minimum atomic E-state index is -0.262. The fraction of sp³-hybridized carbons (Fsp3) is 0.400. The van der Waals surface area contributed by atoms with E-state index in [9.17, 15) is 5.11 Å². The number of hydrogen-bond acceptors (Lipinski definition) is 3. The summed E-state index contributed by atoms with van der Waals surface area (Å²) >= 11 is 5.79. The summed E-state index contributed by atoms with van der Waals surface area (Å²) in [6.45, 7) is 1.83. The molecule has 4 N–H and O–H groups in total. The number of phenolic OH excluding ortho intramolecular Hbond substituents is 1. The van der Waals surface area contributed by atoms with Crippen LogP contribution in [-0.2, 0) is 0 Å². The number of aliphatic hydroxyl groups excluding tert-OH is 1. The average Bonchev–Trinajstić information content (AvgIpc) is 2.13. The van der Waals surface area contributed by atoms with E-state index in [1.165, 1.54) is 6.07 Å². The zero-order valence-corrected chi connectivity index (χ0v) is 8.75. The van der Waals surface area contributed by atoms with Gasteiger partial charge >= 0.3 is 0 Å². The maximum absolute atomic E-state index is 9.45. The second-order valence-electron chi connectivity index (χ2n) is 3.29. The smallest absolute Gasteiger partial charge is 0.134 e. The molecule has 3 nitrogen and oxygen atoms in total. The van der Waals surface area contributed by atoms with Gasteiger partial charge in [0, 0.05) is 12.6 Å². The molecule has 1 aromatic rings. The molecule has 78 valence electrons. The number of aromatic hydroxyl groups is 1. The molecule has 0 radical (unpaired) electrons. The Bertz CT molecular complexity index is 305. The topological polar surface area (TPSA) is 66.5 Å². The van der Waals surface area contributed by atoms with Crippen molar-refractivity contribution in [3.05, 3.63) is 28.3 Å². The quantitative estimate of drug-likeness (QED) is 0.720. The van der Waals surface area contributed by atoms with Crippen LogP contribution in [-0.4, -0.2) is 16.8 Å². The molecular formula is C10H14ClNO2. The van der Waals surface area contributed by atoms with Crippen LogP contribution in [0.3, 0.4) is 0 Å². The van der Waals surface area contributed by atoms with Gasteiger partial charge in [-0.15, -0.1) is 0 Å². The second-order valence-corrected chi connectivity index (χ2v) is 3.67. The molecule has 14 heavy (non-hydrogen) atoms. The summed E-state index contributed by atoms with van der Waals surface area (Å²) < 4.78 is 0. The number of phenols is 1. The molecule has 0 aliphatic rings. The molecule has 0 bridgehead atoms. The van der Waals surface area contributed by atoms with E-state index in [1.807, 2.05) is 6.07 Å². The molecule has 4 heteroatoms. The van der Waals surface area contributed by atoms with Crippen molar-refractivity contribution < 1.29 is 10.2 Å². The highest BCUT2D eigenvalue weighted by atomic mass is 35.5. The highest BCUT2D eigenvalue weighted by Gasteiger charge is 2.10. The van der Waals surface area contributed by atoms with Crippen LogP contribution in [0.4, 0.5) is 0 Å². The average molecular weight is 216 g/mol. The van der Waals surface area contributed by atoms with Gasteiger partial charge in [0.05, 0.1) is 5.02 Å². The molecule has 0 heterocycles. The highest BCUT2D eigenvalue weighted by Crippen LogP contribution is 2.30. The lowest BCUT2D eigenvalue weighted by molar-refractivity contribution is 0.276. The maximum atomic E-state index is 9.45. The number of benzene rings is 1. The van der Waals surface area contributed by atoms with Gasteiger partial charge in [-0.05, 0) is 30.5 Å². The summed E-state index contributed by atoms with van der Waals surface area (Å²) in [5, 5.41) is 18.5. The van der Waals surface area contributed by atoms with Crippen molar-refractivity contribution in [3.8, 4) is 5.75 Å². The molecule has 1 unspecified atom stereocenters. The Morgan fingerprint density at radius 2 is 2.14 bits per heavy atom. The van der Waals surface area contributed by atoms with Gasteiger partial charge in [0.2, 0.25) is 0 Å². The Kier molecular flexibility index (Phi) is 3.75. The monoisotopic (exact) mass is 215 g/mol. The lowest BCUT2D eigenvalue weighted by Crippen LogP contribution is -2.12. The van der Waals surface area contributed by atoms with Crippen LogP contribution in [0.25, 0.3) is 0 Å². The van der Waals surface area contributed by atoms with E-state index < -0.39 is 0 Å². The Morgan fingerprint density at radius 3 is 2.64 bits per heavy atom. The number of aryl methyl sites for hydroxylation is 1. The summed E-state index contributed by atoms with van der Waals surface area (Å²) in [4.78, 5) is 0. The van der Waals surface area contributed by atoms with Gasteiger partial charge in [-0.2, -0.15) is 0 Å². The fourth-order valence-corrected chi connectivity index (χ4v) is 1.41. The van der Waals surface area contributed by atoms with Crippen molar-refractivity contribution in [2.24, 2.45) is 5.73 Å². The molecule has 0 saturated heterocycles. The molecule has 0 fully saturated rings. The van der Waals surface area contributed by atoms with E-state index >= 15 is 0 Å². The van der Waals surface area contributed by atoms with Crippen LogP contribution in [0.5, 0.6) is 5.75 Å². The van der Waals surface area contributed by atoms with E-state index in [0.29, 0.717) is 11.4 Å². The molecule has 1 rings (SSSR count). The number of aliphatic hydroxyl groups is 1. The number of halogens is 1. The van der Waals surface area contributed by atoms with Gasteiger partial charge in [-0.3, -0.25) is 0 Å². The summed E-state index contributed by atoms with van der Waals surface area (Å²) in [5.41, 5.74) is 7.36. The third-order valence-corrected chi connectivity index (χ3v) is 2.62. The van der Waals surface area contributed by atoms with Crippen LogP contribution < -0.4 is 5.73 Å². The molecule has 0 aliphatic heterocycles. The van der Waals surface area contributed by atoms with Crippen LogP contribution in [0.15, 0.2) is 12.1 Å². The van der Waals surface area contributed by atoms with Crippen molar-refractivity contribution in [2.75, 3.05) is 6.61 Å². The van der Waals surface area contributed by atoms with Gasteiger partial charge in [-0.25, -0.2) is 0 Å². The van der Waals surface area contributed by atoms with Gasteiger partial charge in [-0.1, -0.05) is 17.7 Å². The van der Waals surface area contributed by atoms with Crippen LogP contribution in [0.1, 0.15) is 23.6 Å². The third-order valence-electron chi connectivity index (χ3n) is 2.13. The highest BCUT2D eigenvalue weighted by molar-refractivity contribution is 6.32. The lowest BCUT2D eigenvalue weighted by Gasteiger charge is -2.12. The number of hydrogen-bond donors (Lipinski definition) is 3. The molecule has 0 saturated carbocycles. The first kappa shape index (κ1) is 11.3. The van der Waals surface area contributed by atoms with E-state index in [0.717, 1.165) is 11.1 Å². The largest absolute Gasteiger partial charge is 0.506 e. The fourth-order valence-electron chi connectivity index (χ4n) is 1.30. The summed E-state index contributed by atoms with van der Waals surface area (Å²) in [6, 6.07) is 3.10. The molecule has 0 aromatic heterocycles. The van der Waals surface area contributed by atoms with Gasteiger partial charge in [0.1, 0.15) is 5.75 Å². The number of nitrogens with two attached hydrogens (primary N) is 1. The van der Waals surface area contributed by atoms with E-state index in [4.69, 9.17) is 22.4 Å². The molecule has 0 amide bonds. The maximum Gasteiger partial charge on any atom is 0.134 e. The SMILES string of the molecule is Cc1cc(C(N)CCO)cc(O)c1Cl. The molecule has 0 aliphatic carbocycles. The third kappa shape index (κ3) is 2.38. The zero-order chi connectivity index (χ0) is 10.7. The van der Waals surface area contributed by atoms with E-state index in [-0.39, 0.29) is 18.4 Å². The summed E-state index contributed by atoms with van der Waals surface area (Å²) in [5.74, 6) is 0.0371. The van der Waals surface area contributed by atoms with Crippen LogP contribution in [0.2, 0.25) is 5.02 Å². The van der Waals surface area contributed by atoms with E-state index in [2.05, 4.69) is 0 Å². The Morgan fingerprint density at radius 1 is 1.50 bits per heavy atom. The second kappa shape index (κ2) is 4.64. The summed E-state index contributed by atoms with van der Waals surface area (Å²) in [6.07, 6.45) is 0.473. The first-order chi connectivity index (χ1) is 6.56. The molecule has 1 atom stereocenters. The normalized spacial score (nSPS) is 12.9. The van der Waals surface area contributed by atoms with Crippen molar-refractivity contribution in [2.45, 2.75) is 19.4 Å². The number of rotatable bonds is 3.